The minimum atomic E-state index is -0.907. The monoisotopic (exact) mass is 275 g/mol. The third kappa shape index (κ3) is 2.55. The van der Waals surface area contributed by atoms with Gasteiger partial charge in [0.2, 0.25) is 0 Å². The molecule has 0 saturated carbocycles. The maximum atomic E-state index is 12.7. The number of carbonyl (C=O) groups excluding carboxylic acids is 1. The maximum Gasteiger partial charge on any atom is 0.326 e. The fourth-order valence-electron chi connectivity index (χ4n) is 2.93. The fraction of sp³-hybridized carbons (Fsp3) is 0.500. The summed E-state index contributed by atoms with van der Waals surface area (Å²) in [5, 5.41) is 9.40. The molecule has 1 amide bonds. The fourth-order valence-corrected chi connectivity index (χ4v) is 2.93. The summed E-state index contributed by atoms with van der Waals surface area (Å²) in [5.41, 5.74) is 2.60. The van der Waals surface area contributed by atoms with Crippen molar-refractivity contribution < 1.29 is 14.7 Å². The van der Waals surface area contributed by atoms with Crippen LogP contribution < -0.4 is 0 Å². The predicted octanol–water partition coefficient (Wildman–Crippen LogP) is 2.63. The first-order valence-electron chi connectivity index (χ1n) is 7.03. The van der Waals surface area contributed by atoms with Gasteiger partial charge in [0.25, 0.3) is 5.91 Å². The minimum Gasteiger partial charge on any atom is -0.480 e. The average molecular weight is 275 g/mol. The van der Waals surface area contributed by atoms with Crippen LogP contribution in [0, 0.1) is 19.8 Å². The van der Waals surface area contributed by atoms with Crippen LogP contribution in [-0.2, 0) is 4.79 Å². The number of carboxylic acids is 1. The van der Waals surface area contributed by atoms with Gasteiger partial charge in [-0.2, -0.15) is 0 Å². The van der Waals surface area contributed by atoms with E-state index in [1.807, 2.05) is 32.9 Å². The van der Waals surface area contributed by atoms with Crippen LogP contribution in [0.3, 0.4) is 0 Å². The third-order valence-electron chi connectivity index (χ3n) is 4.28. The van der Waals surface area contributed by atoms with Crippen LogP contribution in [0.4, 0.5) is 0 Å². The molecule has 4 heteroatoms. The normalized spacial score (nSPS) is 22.6. The number of carbonyl (C=O) groups is 2. The first-order chi connectivity index (χ1) is 9.43. The maximum absolute atomic E-state index is 12.7. The van der Waals surface area contributed by atoms with E-state index in [4.69, 9.17) is 0 Å². The smallest absolute Gasteiger partial charge is 0.326 e. The Morgan fingerprint density at radius 2 is 2.00 bits per heavy atom. The summed E-state index contributed by atoms with van der Waals surface area (Å²) in [5.74, 6) is -1.07. The summed E-state index contributed by atoms with van der Waals surface area (Å²) >= 11 is 0. The third-order valence-corrected chi connectivity index (χ3v) is 4.28. The summed E-state index contributed by atoms with van der Waals surface area (Å²) in [6.45, 7) is 6.29. The molecule has 108 valence electrons. The Morgan fingerprint density at radius 1 is 1.30 bits per heavy atom. The zero-order valence-corrected chi connectivity index (χ0v) is 12.2. The number of rotatable bonds is 2. The second kappa shape index (κ2) is 5.65. The predicted molar refractivity (Wildman–Crippen MR) is 76.8 cm³/mol. The number of amides is 1. The molecule has 1 aliphatic heterocycles. The Balaban J connectivity index is 2.35. The first-order valence-corrected chi connectivity index (χ1v) is 7.03. The van der Waals surface area contributed by atoms with Crippen LogP contribution in [0.25, 0.3) is 0 Å². The zero-order valence-electron chi connectivity index (χ0n) is 12.2. The van der Waals surface area contributed by atoms with E-state index in [2.05, 4.69) is 0 Å². The van der Waals surface area contributed by atoms with Gasteiger partial charge in [-0.25, -0.2) is 4.79 Å². The quantitative estimate of drug-likeness (QED) is 0.902. The molecule has 0 aromatic heterocycles. The molecule has 0 bridgehead atoms. The van der Waals surface area contributed by atoms with Crippen molar-refractivity contribution in [1.82, 2.24) is 4.90 Å². The number of piperidine rings is 1. The van der Waals surface area contributed by atoms with E-state index in [-0.39, 0.29) is 11.8 Å². The molecule has 0 spiro atoms. The minimum absolute atomic E-state index is 0.00434. The highest BCUT2D eigenvalue weighted by atomic mass is 16.4. The summed E-state index contributed by atoms with van der Waals surface area (Å²) in [7, 11) is 0. The van der Waals surface area contributed by atoms with Crippen LogP contribution in [0.15, 0.2) is 18.2 Å². The number of hydrogen-bond donors (Lipinski definition) is 1. The molecular weight excluding hydrogens is 254 g/mol. The SMILES string of the molecule is Cc1cccc(C(=O)N2CCCC(C)C2C(=O)O)c1C. The molecule has 4 nitrogen and oxygen atoms in total. The summed E-state index contributed by atoms with van der Waals surface area (Å²) in [6.07, 6.45) is 1.72. The van der Waals surface area contributed by atoms with Crippen molar-refractivity contribution >= 4 is 11.9 Å². The molecular formula is C16H21NO3. The van der Waals surface area contributed by atoms with Gasteiger partial charge in [0.05, 0.1) is 0 Å². The van der Waals surface area contributed by atoms with E-state index < -0.39 is 12.0 Å². The van der Waals surface area contributed by atoms with Crippen molar-refractivity contribution in [3.63, 3.8) is 0 Å². The highest BCUT2D eigenvalue weighted by Crippen LogP contribution is 2.26. The molecule has 0 aliphatic carbocycles. The van der Waals surface area contributed by atoms with E-state index in [1.54, 1.807) is 6.07 Å². The number of carboxylic acid groups (broad SMARTS) is 1. The summed E-state index contributed by atoms with van der Waals surface area (Å²) in [4.78, 5) is 25.7. The van der Waals surface area contributed by atoms with Gasteiger partial charge in [0.15, 0.2) is 0 Å². The Morgan fingerprint density at radius 3 is 2.65 bits per heavy atom. The van der Waals surface area contributed by atoms with Crippen LogP contribution in [0.5, 0.6) is 0 Å². The lowest BCUT2D eigenvalue weighted by Gasteiger charge is -2.37. The van der Waals surface area contributed by atoms with Gasteiger partial charge in [-0.1, -0.05) is 19.1 Å². The molecule has 1 fully saturated rings. The Bertz CT molecular complexity index is 539. The van der Waals surface area contributed by atoms with Gasteiger partial charge in [-0.3, -0.25) is 4.79 Å². The first kappa shape index (κ1) is 14.6. The number of aliphatic carboxylic acids is 1. The van der Waals surface area contributed by atoms with Gasteiger partial charge >= 0.3 is 5.97 Å². The summed E-state index contributed by atoms with van der Waals surface area (Å²) in [6, 6.07) is 4.87. The molecule has 1 saturated heterocycles. The Kier molecular flexibility index (Phi) is 4.12. The van der Waals surface area contributed by atoms with Gasteiger partial charge in [0, 0.05) is 12.1 Å². The lowest BCUT2D eigenvalue weighted by atomic mass is 9.89. The van der Waals surface area contributed by atoms with E-state index in [0.29, 0.717) is 12.1 Å². The van der Waals surface area contributed by atoms with Crippen molar-refractivity contribution in [1.29, 1.82) is 0 Å². The molecule has 20 heavy (non-hydrogen) atoms. The molecule has 0 radical (unpaired) electrons. The van der Waals surface area contributed by atoms with Gasteiger partial charge in [0.1, 0.15) is 6.04 Å². The van der Waals surface area contributed by atoms with Crippen LogP contribution >= 0.6 is 0 Å². The second-order valence-corrected chi connectivity index (χ2v) is 5.65. The van der Waals surface area contributed by atoms with Gasteiger partial charge in [-0.05, 0) is 49.8 Å². The molecule has 1 aromatic carbocycles. The van der Waals surface area contributed by atoms with Crippen molar-refractivity contribution in [2.75, 3.05) is 6.54 Å². The van der Waals surface area contributed by atoms with Crippen LogP contribution in [0.1, 0.15) is 41.3 Å². The van der Waals surface area contributed by atoms with Crippen LogP contribution in [-0.4, -0.2) is 34.5 Å². The molecule has 2 unspecified atom stereocenters. The lowest BCUT2D eigenvalue weighted by Crippen LogP contribution is -2.52. The number of benzene rings is 1. The lowest BCUT2D eigenvalue weighted by molar-refractivity contribution is -0.145. The highest BCUT2D eigenvalue weighted by Gasteiger charge is 2.37. The average Bonchev–Trinajstić information content (AvgIpc) is 2.40. The van der Waals surface area contributed by atoms with Crippen molar-refractivity contribution in [3.8, 4) is 0 Å². The molecule has 1 heterocycles. The van der Waals surface area contributed by atoms with Gasteiger partial charge < -0.3 is 10.0 Å². The van der Waals surface area contributed by atoms with Gasteiger partial charge in [-0.15, -0.1) is 0 Å². The molecule has 1 N–H and O–H groups in total. The van der Waals surface area contributed by atoms with Crippen molar-refractivity contribution in [2.24, 2.45) is 5.92 Å². The van der Waals surface area contributed by atoms with Crippen molar-refractivity contribution in [3.05, 3.63) is 34.9 Å². The van der Waals surface area contributed by atoms with E-state index in [0.717, 1.165) is 24.0 Å². The zero-order chi connectivity index (χ0) is 14.9. The number of hydrogen-bond acceptors (Lipinski definition) is 2. The molecule has 1 aromatic rings. The molecule has 1 aliphatic rings. The van der Waals surface area contributed by atoms with Crippen molar-refractivity contribution in [2.45, 2.75) is 39.7 Å². The number of aryl methyl sites for hydroxylation is 1. The number of likely N-dealkylation sites (tertiary alicyclic amines) is 1. The highest BCUT2D eigenvalue weighted by molar-refractivity contribution is 5.98. The van der Waals surface area contributed by atoms with E-state index >= 15 is 0 Å². The van der Waals surface area contributed by atoms with E-state index in [1.165, 1.54) is 4.90 Å². The summed E-state index contributed by atoms with van der Waals surface area (Å²) < 4.78 is 0. The van der Waals surface area contributed by atoms with E-state index in [9.17, 15) is 14.7 Å². The topological polar surface area (TPSA) is 57.6 Å². The Hall–Kier alpha value is -1.84. The standard InChI is InChI=1S/C16H21NO3/c1-10-6-4-8-13(12(10)3)15(18)17-9-5-7-11(2)14(17)16(19)20/h4,6,8,11,14H,5,7,9H2,1-3H3,(H,19,20). The number of nitrogens with zero attached hydrogens (tertiary/aromatic N) is 1. The molecule has 2 atom stereocenters. The molecule has 2 rings (SSSR count). The van der Waals surface area contributed by atoms with Crippen LogP contribution in [0.2, 0.25) is 0 Å². The Labute approximate surface area is 119 Å². The second-order valence-electron chi connectivity index (χ2n) is 5.65. The largest absolute Gasteiger partial charge is 0.480 e.